The Morgan fingerprint density at radius 2 is 2.22 bits per heavy atom. The van der Waals surface area contributed by atoms with E-state index in [1.165, 1.54) is 18.1 Å². The fourth-order valence-corrected chi connectivity index (χ4v) is 2.55. The van der Waals surface area contributed by atoms with Crippen LogP contribution >= 0.6 is 0 Å². The topological polar surface area (TPSA) is 88.7 Å². The molecule has 7 heteroatoms. The molecule has 1 aliphatic rings. The number of hydrogen-bond donors (Lipinski definition) is 1. The fourth-order valence-electron chi connectivity index (χ4n) is 2.55. The van der Waals surface area contributed by atoms with E-state index >= 15 is 0 Å². The molecule has 2 heterocycles. The summed E-state index contributed by atoms with van der Waals surface area (Å²) >= 11 is 0. The molecule has 1 aromatic rings. The zero-order chi connectivity index (χ0) is 16.8. The Hall–Kier alpha value is -2.15. The van der Waals surface area contributed by atoms with E-state index in [-0.39, 0.29) is 24.6 Å². The highest BCUT2D eigenvalue weighted by molar-refractivity contribution is 5.94. The highest BCUT2D eigenvalue weighted by atomic mass is 16.5. The van der Waals surface area contributed by atoms with Crippen LogP contribution in [-0.2, 0) is 14.3 Å². The molecule has 2 rings (SSSR count). The maximum atomic E-state index is 12.7. The van der Waals surface area contributed by atoms with Crippen LogP contribution in [0.5, 0.6) is 0 Å². The molecular weight excluding hydrogens is 300 g/mol. The Kier molecular flexibility index (Phi) is 5.92. The van der Waals surface area contributed by atoms with Crippen LogP contribution in [0.3, 0.4) is 0 Å². The van der Waals surface area contributed by atoms with Gasteiger partial charge in [0, 0.05) is 25.4 Å². The van der Waals surface area contributed by atoms with Gasteiger partial charge in [-0.05, 0) is 31.9 Å². The molecule has 7 nitrogen and oxygen atoms in total. The van der Waals surface area contributed by atoms with Crippen molar-refractivity contribution >= 4 is 11.9 Å². The maximum absolute atomic E-state index is 12.7. The van der Waals surface area contributed by atoms with E-state index in [4.69, 9.17) is 4.74 Å². The van der Waals surface area contributed by atoms with E-state index in [0.717, 1.165) is 12.8 Å². The molecule has 1 amide bonds. The number of esters is 1. The standard InChI is InChI=1S/C16H22N2O5/c1-11-5-6-13(15(20)17-11)16(21)18(8-7-14(19)22-2)10-12-4-3-9-23-12/h5-6,12H,3-4,7-10H2,1-2H3,(H,17,20). The van der Waals surface area contributed by atoms with Crippen molar-refractivity contribution in [3.05, 3.63) is 33.7 Å². The molecule has 1 aromatic heterocycles. The molecule has 1 atom stereocenters. The number of pyridine rings is 1. The number of aryl methyl sites for hydroxylation is 1. The molecule has 1 fully saturated rings. The molecule has 0 aliphatic carbocycles. The third kappa shape index (κ3) is 4.66. The highest BCUT2D eigenvalue weighted by Gasteiger charge is 2.25. The van der Waals surface area contributed by atoms with Crippen LogP contribution in [0.15, 0.2) is 16.9 Å². The number of hydrogen-bond acceptors (Lipinski definition) is 5. The van der Waals surface area contributed by atoms with Gasteiger partial charge in [-0.25, -0.2) is 0 Å². The second-order valence-electron chi connectivity index (χ2n) is 5.60. The highest BCUT2D eigenvalue weighted by Crippen LogP contribution is 2.15. The number of ether oxygens (including phenoxy) is 2. The lowest BCUT2D eigenvalue weighted by Crippen LogP contribution is -2.41. The molecule has 1 N–H and O–H groups in total. The van der Waals surface area contributed by atoms with E-state index in [1.807, 2.05) is 0 Å². The summed E-state index contributed by atoms with van der Waals surface area (Å²) in [6.45, 7) is 2.98. The normalized spacial score (nSPS) is 17.0. The van der Waals surface area contributed by atoms with Gasteiger partial charge >= 0.3 is 5.97 Å². The minimum atomic E-state index is -0.426. The van der Waals surface area contributed by atoms with Crippen molar-refractivity contribution in [3.8, 4) is 0 Å². The average Bonchev–Trinajstić information content (AvgIpc) is 3.03. The first-order chi connectivity index (χ1) is 11.0. The number of carbonyl (C=O) groups is 2. The molecule has 1 saturated heterocycles. The van der Waals surface area contributed by atoms with Gasteiger partial charge in [0.25, 0.3) is 11.5 Å². The monoisotopic (exact) mass is 322 g/mol. The van der Waals surface area contributed by atoms with Crippen molar-refractivity contribution in [3.63, 3.8) is 0 Å². The van der Waals surface area contributed by atoms with Crippen LogP contribution in [0.2, 0.25) is 0 Å². The molecule has 0 saturated carbocycles. The van der Waals surface area contributed by atoms with Crippen LogP contribution in [0, 0.1) is 6.92 Å². The summed E-state index contributed by atoms with van der Waals surface area (Å²) in [6.07, 6.45) is 1.85. The van der Waals surface area contributed by atoms with E-state index in [1.54, 1.807) is 13.0 Å². The zero-order valence-electron chi connectivity index (χ0n) is 13.5. The van der Waals surface area contributed by atoms with Crippen molar-refractivity contribution in [1.29, 1.82) is 0 Å². The molecule has 1 unspecified atom stereocenters. The number of carbonyl (C=O) groups excluding carboxylic acids is 2. The third-order valence-electron chi connectivity index (χ3n) is 3.83. The summed E-state index contributed by atoms with van der Waals surface area (Å²) in [5.41, 5.74) is 0.329. The van der Waals surface area contributed by atoms with E-state index < -0.39 is 17.4 Å². The van der Waals surface area contributed by atoms with Crippen molar-refractivity contribution in [2.45, 2.75) is 32.3 Å². The smallest absolute Gasteiger partial charge is 0.307 e. The minimum Gasteiger partial charge on any atom is -0.469 e. The molecule has 0 radical (unpaired) electrons. The van der Waals surface area contributed by atoms with Gasteiger partial charge < -0.3 is 19.4 Å². The quantitative estimate of drug-likeness (QED) is 0.785. The zero-order valence-corrected chi connectivity index (χ0v) is 13.5. The van der Waals surface area contributed by atoms with E-state index in [9.17, 15) is 14.4 Å². The predicted octanol–water partition coefficient (Wildman–Crippen LogP) is 0.868. The van der Waals surface area contributed by atoms with Crippen molar-refractivity contribution in [2.24, 2.45) is 0 Å². The molecule has 0 spiro atoms. The Balaban J connectivity index is 2.14. The van der Waals surface area contributed by atoms with Crippen molar-refractivity contribution < 1.29 is 19.1 Å². The third-order valence-corrected chi connectivity index (χ3v) is 3.83. The number of nitrogens with one attached hydrogen (secondary N) is 1. The molecular formula is C16H22N2O5. The van der Waals surface area contributed by atoms with Gasteiger partial charge in [-0.2, -0.15) is 0 Å². The molecule has 1 aliphatic heterocycles. The number of amides is 1. The summed E-state index contributed by atoms with van der Waals surface area (Å²) < 4.78 is 10.2. The van der Waals surface area contributed by atoms with Crippen LogP contribution < -0.4 is 5.56 Å². The fraction of sp³-hybridized carbons (Fsp3) is 0.562. The van der Waals surface area contributed by atoms with Crippen LogP contribution in [0.25, 0.3) is 0 Å². The second-order valence-corrected chi connectivity index (χ2v) is 5.60. The first-order valence-corrected chi connectivity index (χ1v) is 7.69. The van der Waals surface area contributed by atoms with Crippen LogP contribution in [0.4, 0.5) is 0 Å². The van der Waals surface area contributed by atoms with Gasteiger partial charge in [-0.1, -0.05) is 0 Å². The number of methoxy groups -OCH3 is 1. The Labute approximate surface area is 134 Å². The minimum absolute atomic E-state index is 0.0545. The van der Waals surface area contributed by atoms with E-state index in [0.29, 0.717) is 18.8 Å². The summed E-state index contributed by atoms with van der Waals surface area (Å²) in [7, 11) is 1.30. The van der Waals surface area contributed by atoms with Gasteiger partial charge in [0.15, 0.2) is 0 Å². The lowest BCUT2D eigenvalue weighted by Gasteiger charge is -2.25. The second kappa shape index (κ2) is 7.92. The molecule has 0 bridgehead atoms. The summed E-state index contributed by atoms with van der Waals surface area (Å²) in [4.78, 5) is 40.1. The molecule has 23 heavy (non-hydrogen) atoms. The van der Waals surface area contributed by atoms with Crippen LogP contribution in [-0.4, -0.2) is 54.7 Å². The Bertz CT molecular complexity index is 619. The SMILES string of the molecule is COC(=O)CCN(CC1CCCO1)C(=O)c1ccc(C)[nH]c1=O. The summed E-state index contributed by atoms with van der Waals surface area (Å²) in [5, 5.41) is 0. The Morgan fingerprint density at radius 1 is 1.43 bits per heavy atom. The summed E-state index contributed by atoms with van der Waals surface area (Å²) in [5.74, 6) is -0.793. The first-order valence-electron chi connectivity index (χ1n) is 7.69. The number of H-pyrrole nitrogens is 1. The number of aromatic amines is 1. The largest absolute Gasteiger partial charge is 0.469 e. The van der Waals surface area contributed by atoms with Gasteiger partial charge in [-0.15, -0.1) is 0 Å². The maximum Gasteiger partial charge on any atom is 0.307 e. The van der Waals surface area contributed by atoms with Crippen molar-refractivity contribution in [2.75, 3.05) is 26.8 Å². The molecule has 126 valence electrons. The van der Waals surface area contributed by atoms with Gasteiger partial charge in [0.2, 0.25) is 0 Å². The average molecular weight is 322 g/mol. The number of nitrogens with zero attached hydrogens (tertiary/aromatic N) is 1. The lowest BCUT2D eigenvalue weighted by molar-refractivity contribution is -0.140. The first kappa shape index (κ1) is 17.2. The van der Waals surface area contributed by atoms with Crippen molar-refractivity contribution in [1.82, 2.24) is 9.88 Å². The number of aromatic nitrogens is 1. The predicted molar refractivity (Wildman–Crippen MR) is 83.3 cm³/mol. The summed E-state index contributed by atoms with van der Waals surface area (Å²) in [6, 6.07) is 3.19. The van der Waals surface area contributed by atoms with Gasteiger partial charge in [0.05, 0.1) is 19.6 Å². The molecule has 0 aromatic carbocycles. The van der Waals surface area contributed by atoms with E-state index in [2.05, 4.69) is 9.72 Å². The lowest BCUT2D eigenvalue weighted by atomic mass is 10.1. The Morgan fingerprint density at radius 3 is 2.83 bits per heavy atom. The number of rotatable bonds is 6. The van der Waals surface area contributed by atoms with Gasteiger partial charge in [-0.3, -0.25) is 14.4 Å². The van der Waals surface area contributed by atoms with Gasteiger partial charge in [0.1, 0.15) is 5.56 Å². The van der Waals surface area contributed by atoms with Crippen LogP contribution in [0.1, 0.15) is 35.3 Å².